The summed E-state index contributed by atoms with van der Waals surface area (Å²) in [6, 6.07) is 0. The molecular formula is C3H9AlTe. The molecule has 0 amide bonds. The Morgan fingerprint density at radius 1 is 1.20 bits per heavy atom. The van der Waals surface area contributed by atoms with Crippen molar-refractivity contribution in [1.82, 2.24) is 0 Å². The van der Waals surface area contributed by atoms with Gasteiger partial charge in [-0.3, -0.25) is 0 Å². The molecule has 0 bridgehead atoms. The summed E-state index contributed by atoms with van der Waals surface area (Å²) in [5, 5.41) is 0. The Kier molecular flexibility index (Phi) is 35.3. The second-order valence-electron chi connectivity index (χ2n) is 0.577. The Morgan fingerprint density at radius 3 is 1.20 bits per heavy atom. The van der Waals surface area contributed by atoms with Crippen molar-refractivity contribution in [2.24, 2.45) is 0 Å². The van der Waals surface area contributed by atoms with Crippen molar-refractivity contribution >= 4 is 37.5 Å². The van der Waals surface area contributed by atoms with Crippen molar-refractivity contribution in [1.29, 1.82) is 0 Å². The van der Waals surface area contributed by atoms with E-state index in [2.05, 4.69) is 11.6 Å². The monoisotopic (exact) mass is 202 g/mol. The van der Waals surface area contributed by atoms with Crippen molar-refractivity contribution in [2.45, 2.75) is 16.5 Å². The van der Waals surface area contributed by atoms with Gasteiger partial charge >= 0.3 is 27.3 Å². The van der Waals surface area contributed by atoms with Gasteiger partial charge in [0.05, 0.1) is 0 Å². The summed E-state index contributed by atoms with van der Waals surface area (Å²) >= 11 is 2.70. The summed E-state index contributed by atoms with van der Waals surface area (Å²) in [7, 11) is 0. The third-order valence-corrected chi connectivity index (χ3v) is 0. The van der Waals surface area contributed by atoms with Gasteiger partial charge in [0.25, 0.3) is 0 Å². The Balaban J connectivity index is 0. The van der Waals surface area contributed by atoms with Crippen LogP contribution in [-0.2, 0) is 0 Å². The van der Waals surface area contributed by atoms with Crippen LogP contribution in [0.2, 0.25) is 16.5 Å². The zero-order valence-corrected chi connectivity index (χ0v) is 7.47. The van der Waals surface area contributed by atoms with Crippen LogP contribution < -0.4 is 0 Å². The first-order valence-electron chi connectivity index (χ1n) is 1.56. The van der Waals surface area contributed by atoms with Gasteiger partial charge < -0.3 is 0 Å². The molecule has 0 nitrogen and oxygen atoms in total. The predicted octanol–water partition coefficient (Wildman–Crippen LogP) is 0.990. The minimum atomic E-state index is 0.750. The molecule has 0 fully saturated rings. The van der Waals surface area contributed by atoms with Crippen molar-refractivity contribution in [3.8, 4) is 0 Å². The van der Waals surface area contributed by atoms with Gasteiger partial charge in [-0.05, 0) is 0 Å². The van der Waals surface area contributed by atoms with Crippen LogP contribution in [0.25, 0.3) is 0 Å². The van der Waals surface area contributed by atoms with Crippen LogP contribution in [0.15, 0.2) is 0 Å². The van der Waals surface area contributed by atoms with Gasteiger partial charge in [0.1, 0.15) is 0 Å². The number of hydrogen-bond acceptors (Lipinski definition) is 0. The molecule has 0 saturated carbocycles. The molecule has 0 N–H and O–H groups in total. The third kappa shape index (κ3) is 33.6. The summed E-state index contributed by atoms with van der Waals surface area (Å²) in [6.07, 6.45) is 0. The van der Waals surface area contributed by atoms with Crippen molar-refractivity contribution < 1.29 is 0 Å². The van der Waals surface area contributed by atoms with Gasteiger partial charge in [-0.2, -0.15) is 0 Å². The average Bonchev–Trinajstić information content (AvgIpc) is 1.46. The van der Waals surface area contributed by atoms with Gasteiger partial charge in [-0.15, -0.1) is 11.6 Å². The van der Waals surface area contributed by atoms with Gasteiger partial charge in [0, 0.05) is 0 Å². The summed E-state index contributed by atoms with van der Waals surface area (Å²) in [6.45, 7) is 0. The number of rotatable bonds is 0. The normalized spacial score (nSPS) is 4.00. The maximum Gasteiger partial charge on any atom is 0.191 e. The first-order chi connectivity index (χ1) is 2.41. The molecule has 0 aromatic carbocycles. The van der Waals surface area contributed by atoms with E-state index < -0.39 is 0 Å². The molecule has 0 unspecified atom stereocenters. The third-order valence-electron chi connectivity index (χ3n) is 0. The molecule has 0 rings (SSSR count). The van der Waals surface area contributed by atoms with Gasteiger partial charge in [-0.25, -0.2) is 0 Å². The molecule has 0 atom stereocenters. The van der Waals surface area contributed by atoms with Crippen LogP contribution in [-0.4, -0.2) is 37.5 Å². The molecule has 0 heterocycles. The van der Waals surface area contributed by atoms with E-state index in [1.807, 2.05) is 27.3 Å². The topological polar surface area (TPSA) is 0 Å². The summed E-state index contributed by atoms with van der Waals surface area (Å²) in [5.74, 6) is 4.42. The average molecular weight is 200 g/mol. The number of hydrogen-bond donors (Lipinski definition) is 0. The predicted molar refractivity (Wildman–Crippen MR) is 29.1 cm³/mol. The summed E-state index contributed by atoms with van der Waals surface area (Å²) in [5.41, 5.74) is 0. The van der Waals surface area contributed by atoms with E-state index >= 15 is 0 Å². The van der Waals surface area contributed by atoms with E-state index in [0.29, 0.717) is 0 Å². The van der Waals surface area contributed by atoms with Gasteiger partial charge in [0.15, 0.2) is 15.2 Å². The van der Waals surface area contributed by atoms with Gasteiger partial charge in [0.2, 0.25) is 0 Å². The second kappa shape index (κ2) is 18.4. The first kappa shape index (κ1) is 9.59. The van der Waals surface area contributed by atoms with E-state index in [9.17, 15) is 0 Å². The van der Waals surface area contributed by atoms with Crippen molar-refractivity contribution in [2.75, 3.05) is 0 Å². The maximum atomic E-state index is 2.21. The molecule has 5 heavy (non-hydrogen) atoms. The minimum absolute atomic E-state index is 0.750. The van der Waals surface area contributed by atoms with Crippen molar-refractivity contribution in [3.05, 3.63) is 0 Å². The van der Waals surface area contributed by atoms with Crippen molar-refractivity contribution in [3.63, 3.8) is 0 Å². The molecule has 0 saturated heterocycles. The fourth-order valence-corrected chi connectivity index (χ4v) is 0. The van der Waals surface area contributed by atoms with Crippen LogP contribution in [0.5, 0.6) is 0 Å². The summed E-state index contributed by atoms with van der Waals surface area (Å²) in [4.78, 5) is 2.01. The fraction of sp³-hybridized carbons (Fsp3) is 1.00. The molecule has 2 radical (unpaired) electrons. The Morgan fingerprint density at radius 2 is 1.20 bits per heavy atom. The van der Waals surface area contributed by atoms with Crippen LogP contribution in [0, 0.1) is 0 Å². The molecule has 0 spiro atoms. The smallest absolute Gasteiger partial charge is 0.115 e. The zero-order valence-electron chi connectivity index (χ0n) is 3.99. The molecule has 0 aliphatic carbocycles. The molecule has 30 valence electrons. The Bertz CT molecular complexity index is 6.85. The Labute approximate surface area is 54.0 Å². The van der Waals surface area contributed by atoms with Gasteiger partial charge in [-0.1, -0.05) is 0 Å². The van der Waals surface area contributed by atoms with Crippen LogP contribution in [0.1, 0.15) is 0 Å². The fourth-order valence-electron chi connectivity index (χ4n) is 0. The quantitative estimate of drug-likeness (QED) is 0.511. The molecule has 0 aliphatic rings. The van der Waals surface area contributed by atoms with E-state index in [0.717, 1.165) is 15.2 Å². The second-order valence-corrected chi connectivity index (χ2v) is 1.73. The zero-order chi connectivity index (χ0) is 4.71. The minimum Gasteiger partial charge on any atom is -0.115 e. The Hall–Kier alpha value is 1.32. The summed E-state index contributed by atoms with van der Waals surface area (Å²) < 4.78 is 0. The van der Waals surface area contributed by atoms with E-state index in [1.54, 1.807) is 0 Å². The van der Waals surface area contributed by atoms with Crippen LogP contribution >= 0.6 is 0 Å². The molecule has 2 heteroatoms. The van der Waals surface area contributed by atoms with Crippen LogP contribution in [0.4, 0.5) is 0 Å². The van der Waals surface area contributed by atoms with Crippen LogP contribution in [0.3, 0.4) is 0 Å². The first-order valence-corrected chi connectivity index (χ1v) is 6.20. The van der Waals surface area contributed by atoms with E-state index in [-0.39, 0.29) is 0 Å². The molecular weight excluding hydrogens is 191 g/mol. The largest absolute Gasteiger partial charge is 0.191 e. The van der Waals surface area contributed by atoms with E-state index in [4.69, 9.17) is 0 Å². The maximum absolute atomic E-state index is 2.21. The molecule has 0 aromatic rings. The van der Waals surface area contributed by atoms with E-state index in [1.165, 1.54) is 0 Å². The molecule has 0 aliphatic heterocycles. The standard InChI is InChI=1S/CH3Te.2CH3.Al/c1-2;;;/h1H3;2*1H3;. The SMILES string of the molecule is C[Te].[CH3][Al][CH3]. The molecule has 0 aromatic heterocycles.